The van der Waals surface area contributed by atoms with Crippen molar-refractivity contribution in [2.45, 2.75) is 19.1 Å². The van der Waals surface area contributed by atoms with Gasteiger partial charge in [-0.1, -0.05) is 0 Å². The van der Waals surface area contributed by atoms with Crippen LogP contribution in [0.4, 0.5) is 5.95 Å². The number of sulfonamides is 1. The van der Waals surface area contributed by atoms with E-state index in [9.17, 15) is 8.42 Å². The molecule has 1 heterocycles. The van der Waals surface area contributed by atoms with Gasteiger partial charge >= 0.3 is 0 Å². The predicted molar refractivity (Wildman–Crippen MR) is 69.3 cm³/mol. The zero-order valence-electron chi connectivity index (χ0n) is 10.9. The third-order valence-corrected chi connectivity index (χ3v) is 3.99. The molecule has 0 aliphatic rings. The van der Waals surface area contributed by atoms with E-state index in [1.165, 1.54) is 7.11 Å². The molecular weight excluding hydrogens is 256 g/mol. The maximum Gasteiger partial charge on any atom is 0.240 e. The van der Waals surface area contributed by atoms with Gasteiger partial charge in [-0.25, -0.2) is 13.4 Å². The van der Waals surface area contributed by atoms with Crippen LogP contribution >= 0.6 is 0 Å². The Morgan fingerprint density at radius 2 is 2.11 bits per heavy atom. The number of nitrogens with one attached hydrogen (secondary N) is 2. The molecule has 0 fully saturated rings. The molecule has 0 bridgehead atoms. The van der Waals surface area contributed by atoms with E-state index in [-0.39, 0.29) is 5.95 Å². The zero-order valence-corrected chi connectivity index (χ0v) is 11.7. The van der Waals surface area contributed by atoms with Crippen molar-refractivity contribution in [3.8, 4) is 5.88 Å². The lowest BCUT2D eigenvalue weighted by Gasteiger charge is -2.13. The van der Waals surface area contributed by atoms with Gasteiger partial charge in [-0.3, -0.25) is 4.72 Å². The fraction of sp³-hybridized carbons (Fsp3) is 0.600. The Bertz CT molecular complexity index is 504. The fourth-order valence-electron chi connectivity index (χ4n) is 1.31. The largest absolute Gasteiger partial charge is 0.481 e. The monoisotopic (exact) mass is 274 g/mol. The molecule has 2 N–H and O–H groups in total. The minimum absolute atomic E-state index is 0.0230. The lowest BCUT2D eigenvalue weighted by molar-refractivity contribution is 0.397. The first kappa shape index (κ1) is 14.7. The highest BCUT2D eigenvalue weighted by Crippen LogP contribution is 2.13. The number of nitrogens with zero attached hydrogens (tertiary/aromatic N) is 2. The SMILES string of the molecule is CNCC(C)S(=O)(=O)Nc1nc(C)cc(OC)n1. The summed E-state index contributed by atoms with van der Waals surface area (Å²) in [7, 11) is -0.356. The first-order valence-corrected chi connectivity index (χ1v) is 6.99. The summed E-state index contributed by atoms with van der Waals surface area (Å²) in [5.74, 6) is 0.344. The Kier molecular flexibility index (Phi) is 4.85. The Hall–Kier alpha value is -1.41. The quantitative estimate of drug-likeness (QED) is 0.766. The van der Waals surface area contributed by atoms with Gasteiger partial charge < -0.3 is 10.1 Å². The second-order valence-electron chi connectivity index (χ2n) is 3.89. The van der Waals surface area contributed by atoms with Crippen LogP contribution in [-0.4, -0.2) is 44.3 Å². The normalized spacial score (nSPS) is 13.1. The van der Waals surface area contributed by atoms with Crippen LogP contribution in [0, 0.1) is 6.92 Å². The van der Waals surface area contributed by atoms with E-state index >= 15 is 0 Å². The van der Waals surface area contributed by atoms with E-state index in [0.717, 1.165) is 0 Å². The van der Waals surface area contributed by atoms with Gasteiger partial charge in [-0.05, 0) is 20.9 Å². The van der Waals surface area contributed by atoms with Gasteiger partial charge in [-0.2, -0.15) is 4.98 Å². The molecule has 0 aliphatic heterocycles. The number of rotatable bonds is 6. The third-order valence-electron chi connectivity index (χ3n) is 2.29. The maximum absolute atomic E-state index is 11.9. The van der Waals surface area contributed by atoms with Crippen molar-refractivity contribution in [1.82, 2.24) is 15.3 Å². The summed E-state index contributed by atoms with van der Waals surface area (Å²) in [6, 6.07) is 1.62. The molecule has 1 aromatic heterocycles. The van der Waals surface area contributed by atoms with Gasteiger partial charge in [0.2, 0.25) is 21.9 Å². The summed E-state index contributed by atoms with van der Waals surface area (Å²) in [5, 5.41) is 2.22. The highest BCUT2D eigenvalue weighted by atomic mass is 32.2. The van der Waals surface area contributed by atoms with Crippen LogP contribution in [0.25, 0.3) is 0 Å². The summed E-state index contributed by atoms with van der Waals surface area (Å²) in [6.45, 7) is 3.68. The third kappa shape index (κ3) is 3.81. The average Bonchev–Trinajstić information content (AvgIpc) is 2.27. The topological polar surface area (TPSA) is 93.2 Å². The molecular formula is C10H18N4O3S. The molecule has 8 heteroatoms. The van der Waals surface area contributed by atoms with Crippen LogP contribution in [0.15, 0.2) is 6.07 Å². The highest BCUT2D eigenvalue weighted by Gasteiger charge is 2.21. The van der Waals surface area contributed by atoms with Crippen LogP contribution in [0.3, 0.4) is 0 Å². The van der Waals surface area contributed by atoms with Crippen LogP contribution in [0.1, 0.15) is 12.6 Å². The van der Waals surface area contributed by atoms with Crippen molar-refractivity contribution < 1.29 is 13.2 Å². The molecule has 1 unspecified atom stereocenters. The number of anilines is 1. The molecule has 7 nitrogen and oxygen atoms in total. The highest BCUT2D eigenvalue weighted by molar-refractivity contribution is 7.93. The summed E-state index contributed by atoms with van der Waals surface area (Å²) in [4.78, 5) is 7.94. The molecule has 1 rings (SSSR count). The standard InChI is InChI=1S/C10H18N4O3S/c1-7-5-9(17-4)13-10(12-7)14-18(15,16)8(2)6-11-3/h5,8,11H,6H2,1-4H3,(H,12,13,14). The van der Waals surface area contributed by atoms with Gasteiger partial charge in [0, 0.05) is 18.3 Å². The van der Waals surface area contributed by atoms with Crippen LogP contribution in [-0.2, 0) is 10.0 Å². The molecule has 1 atom stereocenters. The predicted octanol–water partition coefficient (Wildman–Crippen LogP) is 0.143. The molecule has 0 saturated heterocycles. The Morgan fingerprint density at radius 1 is 1.44 bits per heavy atom. The van der Waals surface area contributed by atoms with Crippen molar-refractivity contribution in [3.63, 3.8) is 0 Å². The molecule has 0 saturated carbocycles. The van der Waals surface area contributed by atoms with Crippen LogP contribution < -0.4 is 14.8 Å². The minimum atomic E-state index is -3.51. The molecule has 1 aromatic rings. The van der Waals surface area contributed by atoms with Crippen molar-refractivity contribution >= 4 is 16.0 Å². The summed E-state index contributed by atoms with van der Waals surface area (Å²) in [5.41, 5.74) is 0.626. The van der Waals surface area contributed by atoms with Crippen molar-refractivity contribution in [1.29, 1.82) is 0 Å². The first-order valence-electron chi connectivity index (χ1n) is 5.45. The van der Waals surface area contributed by atoms with Gasteiger partial charge in [0.15, 0.2) is 0 Å². The Balaban J connectivity index is 2.93. The van der Waals surface area contributed by atoms with E-state index in [0.29, 0.717) is 18.1 Å². The second kappa shape index (κ2) is 5.96. The number of hydrogen-bond donors (Lipinski definition) is 2. The van der Waals surface area contributed by atoms with Crippen LogP contribution in [0.5, 0.6) is 5.88 Å². The van der Waals surface area contributed by atoms with Crippen LogP contribution in [0.2, 0.25) is 0 Å². The Morgan fingerprint density at radius 3 is 2.67 bits per heavy atom. The lowest BCUT2D eigenvalue weighted by Crippen LogP contribution is -2.33. The van der Waals surface area contributed by atoms with Gasteiger partial charge in [0.1, 0.15) is 0 Å². The van der Waals surface area contributed by atoms with Crippen molar-refractivity contribution in [3.05, 3.63) is 11.8 Å². The summed E-state index contributed by atoms with van der Waals surface area (Å²) < 4.78 is 31.2. The van der Waals surface area contributed by atoms with E-state index < -0.39 is 15.3 Å². The molecule has 0 aromatic carbocycles. The van der Waals surface area contributed by atoms with E-state index in [2.05, 4.69) is 20.0 Å². The first-order chi connectivity index (χ1) is 8.39. The van der Waals surface area contributed by atoms with E-state index in [1.807, 2.05) is 0 Å². The van der Waals surface area contributed by atoms with E-state index in [4.69, 9.17) is 4.74 Å². The summed E-state index contributed by atoms with van der Waals surface area (Å²) >= 11 is 0. The van der Waals surface area contributed by atoms with E-state index in [1.54, 1.807) is 27.0 Å². The molecule has 18 heavy (non-hydrogen) atoms. The number of aromatic nitrogens is 2. The maximum atomic E-state index is 11.9. The molecule has 102 valence electrons. The van der Waals surface area contributed by atoms with Gasteiger partial charge in [0.05, 0.1) is 12.4 Å². The Labute approximate surface area is 107 Å². The number of methoxy groups -OCH3 is 1. The van der Waals surface area contributed by atoms with Gasteiger partial charge in [0.25, 0.3) is 0 Å². The average molecular weight is 274 g/mol. The smallest absolute Gasteiger partial charge is 0.240 e. The molecule has 0 amide bonds. The zero-order chi connectivity index (χ0) is 13.8. The number of ether oxygens (including phenoxy) is 1. The minimum Gasteiger partial charge on any atom is -0.481 e. The van der Waals surface area contributed by atoms with Gasteiger partial charge in [-0.15, -0.1) is 0 Å². The second-order valence-corrected chi connectivity index (χ2v) is 5.99. The molecule has 0 aliphatic carbocycles. The summed E-state index contributed by atoms with van der Waals surface area (Å²) in [6.07, 6.45) is 0. The fourth-order valence-corrected chi connectivity index (χ4v) is 2.25. The lowest BCUT2D eigenvalue weighted by atomic mass is 10.4. The number of aryl methyl sites for hydroxylation is 1. The van der Waals surface area contributed by atoms with Crippen molar-refractivity contribution in [2.24, 2.45) is 0 Å². The molecule has 0 radical (unpaired) electrons. The molecule has 0 spiro atoms. The van der Waals surface area contributed by atoms with Crippen molar-refractivity contribution in [2.75, 3.05) is 25.4 Å². The number of hydrogen-bond acceptors (Lipinski definition) is 6.